The standard InChI is InChI=1S/C20H33N3O10/c1-2-13(21(8-16(24)25)9-17(26)27)7-22(10-18(28)29)14-5-3-4-6-15(14)23(11-19(30)31)12-20(32)33/h13-15H,2-12H2,1H3,(H,24,25)(H,26,27)(H,28,29)(H,30,31)(H,32,33). The lowest BCUT2D eigenvalue weighted by molar-refractivity contribution is -0.146. The molecule has 5 N–H and O–H groups in total. The second-order valence-corrected chi connectivity index (χ2v) is 8.19. The van der Waals surface area contributed by atoms with E-state index in [1.54, 1.807) is 11.8 Å². The van der Waals surface area contributed by atoms with Crippen LogP contribution in [-0.4, -0.2) is 127 Å². The average Bonchev–Trinajstić information content (AvgIpc) is 2.68. The maximum absolute atomic E-state index is 11.6. The van der Waals surface area contributed by atoms with Gasteiger partial charge in [-0.15, -0.1) is 0 Å². The Morgan fingerprint density at radius 3 is 1.39 bits per heavy atom. The van der Waals surface area contributed by atoms with E-state index in [4.69, 9.17) is 0 Å². The van der Waals surface area contributed by atoms with Crippen molar-refractivity contribution in [3.05, 3.63) is 0 Å². The fourth-order valence-corrected chi connectivity index (χ4v) is 4.51. The number of hydrogen-bond donors (Lipinski definition) is 5. The van der Waals surface area contributed by atoms with Crippen molar-refractivity contribution in [3.8, 4) is 0 Å². The Morgan fingerprint density at radius 1 is 0.667 bits per heavy atom. The van der Waals surface area contributed by atoms with Crippen LogP contribution in [0.25, 0.3) is 0 Å². The monoisotopic (exact) mass is 475 g/mol. The Bertz CT molecular complexity index is 684. The molecule has 0 spiro atoms. The highest BCUT2D eigenvalue weighted by Gasteiger charge is 2.38. The summed E-state index contributed by atoms with van der Waals surface area (Å²) in [6.07, 6.45) is 2.78. The molecule has 33 heavy (non-hydrogen) atoms. The fourth-order valence-electron chi connectivity index (χ4n) is 4.51. The molecule has 188 valence electrons. The number of aliphatic carboxylic acids is 5. The van der Waals surface area contributed by atoms with Crippen LogP contribution in [0, 0.1) is 0 Å². The lowest BCUT2D eigenvalue weighted by Crippen LogP contribution is -2.59. The van der Waals surface area contributed by atoms with Crippen molar-refractivity contribution < 1.29 is 49.5 Å². The van der Waals surface area contributed by atoms with Gasteiger partial charge in [0, 0.05) is 24.7 Å². The summed E-state index contributed by atoms with van der Waals surface area (Å²) in [6, 6.07) is -1.61. The molecule has 13 heteroatoms. The van der Waals surface area contributed by atoms with Crippen LogP contribution in [0.4, 0.5) is 0 Å². The van der Waals surface area contributed by atoms with Crippen molar-refractivity contribution in [1.82, 2.24) is 14.7 Å². The third-order valence-electron chi connectivity index (χ3n) is 5.76. The van der Waals surface area contributed by atoms with E-state index in [2.05, 4.69) is 0 Å². The van der Waals surface area contributed by atoms with Crippen LogP contribution in [0.15, 0.2) is 0 Å². The summed E-state index contributed by atoms with van der Waals surface area (Å²) in [5.74, 6) is -6.00. The van der Waals surface area contributed by atoms with Crippen LogP contribution in [0.2, 0.25) is 0 Å². The quantitative estimate of drug-likeness (QED) is 0.190. The molecule has 13 nitrogen and oxygen atoms in total. The van der Waals surface area contributed by atoms with Crippen molar-refractivity contribution in [2.75, 3.05) is 39.3 Å². The first kappa shape index (κ1) is 28.3. The third kappa shape index (κ3) is 10.1. The van der Waals surface area contributed by atoms with E-state index in [1.807, 2.05) is 0 Å². The van der Waals surface area contributed by atoms with Crippen LogP contribution < -0.4 is 0 Å². The summed E-state index contributed by atoms with van der Waals surface area (Å²) < 4.78 is 0. The molecule has 0 aromatic heterocycles. The molecule has 3 atom stereocenters. The number of carbonyl (C=O) groups is 5. The molecule has 0 bridgehead atoms. The van der Waals surface area contributed by atoms with Gasteiger partial charge in [0.15, 0.2) is 0 Å². The minimum atomic E-state index is -1.22. The highest BCUT2D eigenvalue weighted by Crippen LogP contribution is 2.28. The molecule has 0 aliphatic heterocycles. The van der Waals surface area contributed by atoms with E-state index < -0.39 is 80.7 Å². The van der Waals surface area contributed by atoms with Gasteiger partial charge in [0.1, 0.15) is 0 Å². The maximum atomic E-state index is 11.6. The zero-order chi connectivity index (χ0) is 25.1. The summed E-state index contributed by atoms with van der Waals surface area (Å²) in [6.45, 7) is -0.766. The van der Waals surface area contributed by atoms with Crippen molar-refractivity contribution in [2.45, 2.75) is 57.2 Å². The molecule has 0 saturated heterocycles. The Kier molecular flexibility index (Phi) is 11.7. The summed E-state index contributed by atoms with van der Waals surface area (Å²) in [7, 11) is 0. The summed E-state index contributed by atoms with van der Waals surface area (Å²) in [4.78, 5) is 61.0. The molecule has 0 aromatic carbocycles. The fraction of sp³-hybridized carbons (Fsp3) is 0.750. The van der Waals surface area contributed by atoms with E-state index in [0.29, 0.717) is 19.3 Å². The summed E-state index contributed by atoms with van der Waals surface area (Å²) in [5.41, 5.74) is 0. The highest BCUT2D eigenvalue weighted by atomic mass is 16.4. The zero-order valence-corrected chi connectivity index (χ0v) is 18.6. The Hall–Kier alpha value is -2.77. The van der Waals surface area contributed by atoms with Gasteiger partial charge in [0.2, 0.25) is 0 Å². The lowest BCUT2D eigenvalue weighted by atomic mass is 9.87. The normalized spacial score (nSPS) is 19.5. The predicted molar refractivity (Wildman–Crippen MR) is 113 cm³/mol. The predicted octanol–water partition coefficient (Wildman–Crippen LogP) is -0.595. The molecule has 0 amide bonds. The molecule has 1 aliphatic carbocycles. The minimum Gasteiger partial charge on any atom is -0.480 e. The molecule has 1 rings (SSSR count). The first-order chi connectivity index (χ1) is 15.4. The number of rotatable bonds is 16. The van der Waals surface area contributed by atoms with Crippen molar-refractivity contribution in [2.24, 2.45) is 0 Å². The van der Waals surface area contributed by atoms with Crippen LogP contribution in [0.1, 0.15) is 39.0 Å². The van der Waals surface area contributed by atoms with Crippen molar-refractivity contribution in [1.29, 1.82) is 0 Å². The number of carboxylic acid groups (broad SMARTS) is 5. The molecule has 1 aliphatic rings. The van der Waals surface area contributed by atoms with E-state index >= 15 is 0 Å². The lowest BCUT2D eigenvalue weighted by Gasteiger charge is -2.45. The van der Waals surface area contributed by atoms with Gasteiger partial charge in [-0.05, 0) is 19.3 Å². The smallest absolute Gasteiger partial charge is 0.317 e. The molecular weight excluding hydrogens is 442 g/mol. The van der Waals surface area contributed by atoms with Gasteiger partial charge < -0.3 is 25.5 Å². The SMILES string of the molecule is CCC(CN(CC(=O)O)C1CCCCC1N(CC(=O)O)CC(=O)O)N(CC(=O)O)CC(=O)O. The number of hydrogen-bond acceptors (Lipinski definition) is 8. The molecule has 0 aromatic rings. The van der Waals surface area contributed by atoms with E-state index in [9.17, 15) is 49.5 Å². The first-order valence-electron chi connectivity index (χ1n) is 10.8. The largest absolute Gasteiger partial charge is 0.480 e. The third-order valence-corrected chi connectivity index (χ3v) is 5.76. The van der Waals surface area contributed by atoms with Gasteiger partial charge in [-0.25, -0.2) is 0 Å². The Balaban J connectivity index is 3.25. The molecule has 3 unspecified atom stereocenters. The van der Waals surface area contributed by atoms with Crippen LogP contribution in [0.5, 0.6) is 0 Å². The first-order valence-corrected chi connectivity index (χ1v) is 10.8. The number of carboxylic acids is 5. The minimum absolute atomic E-state index is 0.0402. The maximum Gasteiger partial charge on any atom is 0.317 e. The van der Waals surface area contributed by atoms with Crippen molar-refractivity contribution in [3.63, 3.8) is 0 Å². The second kappa shape index (κ2) is 13.7. The van der Waals surface area contributed by atoms with Crippen LogP contribution in [-0.2, 0) is 24.0 Å². The second-order valence-electron chi connectivity index (χ2n) is 8.19. The Morgan fingerprint density at radius 2 is 1.03 bits per heavy atom. The van der Waals surface area contributed by atoms with Crippen LogP contribution in [0.3, 0.4) is 0 Å². The topological polar surface area (TPSA) is 196 Å². The number of nitrogens with zero attached hydrogens (tertiary/aromatic N) is 3. The molecular formula is C20H33N3O10. The van der Waals surface area contributed by atoms with E-state index in [1.165, 1.54) is 9.80 Å². The summed E-state index contributed by atoms with van der Waals surface area (Å²) >= 11 is 0. The van der Waals surface area contributed by atoms with Gasteiger partial charge in [-0.1, -0.05) is 19.8 Å². The molecule has 1 saturated carbocycles. The molecule has 0 radical (unpaired) electrons. The Labute approximate surface area is 191 Å². The van der Waals surface area contributed by atoms with Crippen LogP contribution >= 0.6 is 0 Å². The van der Waals surface area contributed by atoms with Gasteiger partial charge in [-0.3, -0.25) is 38.7 Å². The summed E-state index contributed by atoms with van der Waals surface area (Å²) in [5, 5.41) is 46.4. The highest BCUT2D eigenvalue weighted by molar-refractivity contribution is 5.73. The zero-order valence-electron chi connectivity index (χ0n) is 18.6. The van der Waals surface area contributed by atoms with Gasteiger partial charge in [-0.2, -0.15) is 0 Å². The van der Waals surface area contributed by atoms with Gasteiger partial charge in [0.05, 0.1) is 32.7 Å². The molecule has 1 fully saturated rings. The van der Waals surface area contributed by atoms with E-state index in [-0.39, 0.29) is 6.54 Å². The van der Waals surface area contributed by atoms with Gasteiger partial charge >= 0.3 is 29.8 Å². The average molecular weight is 475 g/mol. The van der Waals surface area contributed by atoms with E-state index in [0.717, 1.165) is 12.8 Å². The van der Waals surface area contributed by atoms with Crippen molar-refractivity contribution >= 4 is 29.8 Å². The van der Waals surface area contributed by atoms with Gasteiger partial charge in [0.25, 0.3) is 0 Å². The molecule has 0 heterocycles.